The van der Waals surface area contributed by atoms with Gasteiger partial charge in [0.2, 0.25) is 5.91 Å². The van der Waals surface area contributed by atoms with E-state index in [1.165, 1.54) is 14.2 Å². The van der Waals surface area contributed by atoms with Gasteiger partial charge in [0.25, 0.3) is 5.91 Å². The van der Waals surface area contributed by atoms with Crippen molar-refractivity contribution >= 4 is 23.2 Å². The third-order valence-electron chi connectivity index (χ3n) is 3.84. The minimum absolute atomic E-state index is 0.0896. The fraction of sp³-hybridized carbons (Fsp3) is 0.300. The molecule has 26 heavy (non-hydrogen) atoms. The zero-order chi connectivity index (χ0) is 18.9. The summed E-state index contributed by atoms with van der Waals surface area (Å²) in [6, 6.07) is 12.2. The van der Waals surface area contributed by atoms with Crippen molar-refractivity contribution in [2.75, 3.05) is 24.9 Å². The van der Waals surface area contributed by atoms with E-state index in [4.69, 9.17) is 9.47 Å². The highest BCUT2D eigenvalue weighted by atomic mass is 16.5. The number of ether oxygens (including phenoxy) is 2. The van der Waals surface area contributed by atoms with Gasteiger partial charge in [0.1, 0.15) is 11.5 Å². The number of unbranched alkanes of at least 4 members (excludes halogenated alkanes) is 1. The lowest BCUT2D eigenvalue weighted by Crippen LogP contribution is -2.14. The highest BCUT2D eigenvalue weighted by Crippen LogP contribution is 2.36. The average molecular weight is 356 g/mol. The minimum Gasteiger partial charge on any atom is -0.494 e. The number of hydrogen-bond acceptors (Lipinski definition) is 4. The molecular formula is C20H24N2O4. The summed E-state index contributed by atoms with van der Waals surface area (Å²) in [6.45, 7) is 2.03. The normalized spacial score (nSPS) is 10.1. The van der Waals surface area contributed by atoms with Crippen LogP contribution in [0.25, 0.3) is 0 Å². The van der Waals surface area contributed by atoms with Crippen LogP contribution in [0.15, 0.2) is 42.5 Å². The van der Waals surface area contributed by atoms with Crippen molar-refractivity contribution in [3.8, 4) is 11.5 Å². The second-order valence-electron chi connectivity index (χ2n) is 5.72. The van der Waals surface area contributed by atoms with E-state index in [1.807, 2.05) is 13.0 Å². The molecule has 2 aromatic rings. The highest BCUT2D eigenvalue weighted by Gasteiger charge is 2.16. The van der Waals surface area contributed by atoms with Crippen LogP contribution in [0.4, 0.5) is 11.4 Å². The largest absolute Gasteiger partial charge is 0.494 e. The number of benzene rings is 2. The molecule has 0 saturated heterocycles. The fourth-order valence-electron chi connectivity index (χ4n) is 2.43. The van der Waals surface area contributed by atoms with E-state index >= 15 is 0 Å². The molecule has 0 saturated carbocycles. The number of anilines is 2. The van der Waals surface area contributed by atoms with Crippen LogP contribution in [0.3, 0.4) is 0 Å². The SMILES string of the molecule is CCCCC(=O)Nc1cc(OC)c(NC(=O)c2ccccc2)cc1OC. The van der Waals surface area contributed by atoms with Gasteiger partial charge in [-0.15, -0.1) is 0 Å². The molecule has 0 heterocycles. The van der Waals surface area contributed by atoms with Crippen LogP contribution in [0.1, 0.15) is 36.5 Å². The van der Waals surface area contributed by atoms with Crippen molar-refractivity contribution in [2.24, 2.45) is 0 Å². The van der Waals surface area contributed by atoms with E-state index in [0.717, 1.165) is 12.8 Å². The third-order valence-corrected chi connectivity index (χ3v) is 3.84. The van der Waals surface area contributed by atoms with E-state index in [0.29, 0.717) is 34.9 Å². The van der Waals surface area contributed by atoms with Crippen molar-refractivity contribution < 1.29 is 19.1 Å². The van der Waals surface area contributed by atoms with E-state index in [-0.39, 0.29) is 11.8 Å². The molecule has 0 aliphatic rings. The molecule has 6 nitrogen and oxygen atoms in total. The van der Waals surface area contributed by atoms with Gasteiger partial charge in [-0.25, -0.2) is 0 Å². The van der Waals surface area contributed by atoms with Crippen LogP contribution < -0.4 is 20.1 Å². The molecule has 0 radical (unpaired) electrons. The summed E-state index contributed by atoms with van der Waals surface area (Å²) in [5.41, 5.74) is 1.50. The molecule has 0 aliphatic carbocycles. The highest BCUT2D eigenvalue weighted by molar-refractivity contribution is 6.05. The third kappa shape index (κ3) is 4.99. The molecule has 0 atom stereocenters. The quantitative estimate of drug-likeness (QED) is 0.747. The van der Waals surface area contributed by atoms with Gasteiger partial charge < -0.3 is 20.1 Å². The van der Waals surface area contributed by atoms with Crippen LogP contribution in [-0.4, -0.2) is 26.0 Å². The van der Waals surface area contributed by atoms with Gasteiger partial charge in [0.15, 0.2) is 0 Å². The van der Waals surface area contributed by atoms with Crippen LogP contribution >= 0.6 is 0 Å². The predicted octanol–water partition coefficient (Wildman–Crippen LogP) is 4.08. The van der Waals surface area contributed by atoms with Gasteiger partial charge in [-0.2, -0.15) is 0 Å². The van der Waals surface area contributed by atoms with Gasteiger partial charge in [-0.3, -0.25) is 9.59 Å². The number of amides is 2. The molecule has 138 valence electrons. The van der Waals surface area contributed by atoms with Crippen molar-refractivity contribution in [3.63, 3.8) is 0 Å². The molecule has 0 unspecified atom stereocenters. The molecule has 0 aromatic heterocycles. The first-order chi connectivity index (χ1) is 12.6. The number of hydrogen-bond donors (Lipinski definition) is 2. The van der Waals surface area contributed by atoms with Crippen molar-refractivity contribution in [1.82, 2.24) is 0 Å². The lowest BCUT2D eigenvalue weighted by atomic mass is 10.2. The van der Waals surface area contributed by atoms with E-state index in [9.17, 15) is 9.59 Å². The van der Waals surface area contributed by atoms with Gasteiger partial charge in [0, 0.05) is 24.1 Å². The maximum Gasteiger partial charge on any atom is 0.255 e. The Morgan fingerprint density at radius 3 is 2.04 bits per heavy atom. The molecule has 6 heteroatoms. The summed E-state index contributed by atoms with van der Waals surface area (Å²) in [5, 5.41) is 5.64. The Morgan fingerprint density at radius 1 is 0.923 bits per heavy atom. The van der Waals surface area contributed by atoms with Crippen LogP contribution in [0.5, 0.6) is 11.5 Å². The Kier molecular flexibility index (Phi) is 7.02. The topological polar surface area (TPSA) is 76.7 Å². The first kappa shape index (κ1) is 19.3. The lowest BCUT2D eigenvalue weighted by molar-refractivity contribution is -0.116. The Labute approximate surface area is 153 Å². The minimum atomic E-state index is -0.259. The van der Waals surface area contributed by atoms with Gasteiger partial charge in [-0.05, 0) is 18.6 Å². The smallest absolute Gasteiger partial charge is 0.255 e. The summed E-state index contributed by atoms with van der Waals surface area (Å²) in [6.07, 6.45) is 2.20. The first-order valence-electron chi connectivity index (χ1n) is 8.51. The van der Waals surface area contributed by atoms with Crippen LogP contribution in [0, 0.1) is 0 Å². The molecule has 2 amide bonds. The van der Waals surface area contributed by atoms with E-state index in [2.05, 4.69) is 10.6 Å². The molecule has 2 aromatic carbocycles. The number of methoxy groups -OCH3 is 2. The Bertz CT molecular complexity index is 760. The summed E-state index contributed by atoms with van der Waals surface area (Å²) >= 11 is 0. The number of nitrogens with one attached hydrogen (secondary N) is 2. The molecule has 2 N–H and O–H groups in total. The predicted molar refractivity (Wildman–Crippen MR) is 102 cm³/mol. The van der Waals surface area contributed by atoms with Crippen molar-refractivity contribution in [2.45, 2.75) is 26.2 Å². The summed E-state index contributed by atoms with van der Waals surface area (Å²) in [5.74, 6) is 0.527. The maximum absolute atomic E-state index is 12.4. The zero-order valence-electron chi connectivity index (χ0n) is 15.3. The molecule has 0 aliphatic heterocycles. The molecule has 0 bridgehead atoms. The van der Waals surface area contributed by atoms with Gasteiger partial charge in [-0.1, -0.05) is 31.5 Å². The Hall–Kier alpha value is -3.02. The fourth-order valence-corrected chi connectivity index (χ4v) is 2.43. The Balaban J connectivity index is 2.24. The van der Waals surface area contributed by atoms with Gasteiger partial charge in [0.05, 0.1) is 25.6 Å². The summed E-state index contributed by atoms with van der Waals surface area (Å²) in [7, 11) is 3.01. The monoisotopic (exact) mass is 356 g/mol. The molecule has 0 spiro atoms. The molecule has 0 fully saturated rings. The second-order valence-corrected chi connectivity index (χ2v) is 5.72. The van der Waals surface area contributed by atoms with Crippen LogP contribution in [-0.2, 0) is 4.79 Å². The standard InChI is InChI=1S/C20H24N2O4/c1-4-5-11-19(23)21-15-12-18(26-3)16(13-17(15)25-2)22-20(24)14-9-7-6-8-10-14/h6-10,12-13H,4-5,11H2,1-3H3,(H,21,23)(H,22,24). The van der Waals surface area contributed by atoms with E-state index in [1.54, 1.807) is 36.4 Å². The number of carbonyl (C=O) groups is 2. The summed E-state index contributed by atoms with van der Waals surface area (Å²) in [4.78, 5) is 24.4. The summed E-state index contributed by atoms with van der Waals surface area (Å²) < 4.78 is 10.7. The second kappa shape index (κ2) is 9.46. The molecular weight excluding hydrogens is 332 g/mol. The van der Waals surface area contributed by atoms with E-state index < -0.39 is 0 Å². The average Bonchev–Trinajstić information content (AvgIpc) is 2.67. The number of carbonyl (C=O) groups excluding carboxylic acids is 2. The first-order valence-corrected chi connectivity index (χ1v) is 8.51. The van der Waals surface area contributed by atoms with Gasteiger partial charge >= 0.3 is 0 Å². The molecule has 2 rings (SSSR count). The maximum atomic E-state index is 12.4. The number of rotatable bonds is 8. The van der Waals surface area contributed by atoms with Crippen molar-refractivity contribution in [1.29, 1.82) is 0 Å². The van der Waals surface area contributed by atoms with Crippen LogP contribution in [0.2, 0.25) is 0 Å². The Morgan fingerprint density at radius 2 is 1.50 bits per heavy atom. The lowest BCUT2D eigenvalue weighted by Gasteiger charge is -2.16. The zero-order valence-corrected chi connectivity index (χ0v) is 15.3. The van der Waals surface area contributed by atoms with Crippen molar-refractivity contribution in [3.05, 3.63) is 48.0 Å².